The van der Waals surface area contributed by atoms with E-state index in [-0.39, 0.29) is 12.0 Å². The van der Waals surface area contributed by atoms with Crippen molar-refractivity contribution in [1.29, 1.82) is 0 Å². The Morgan fingerprint density at radius 3 is 2.96 bits per heavy atom. The summed E-state index contributed by atoms with van der Waals surface area (Å²) in [4.78, 5) is 16.4. The Hall–Kier alpha value is -2.65. The maximum Gasteiger partial charge on any atom is 0.275 e. The van der Waals surface area contributed by atoms with Crippen LogP contribution in [0.5, 0.6) is 0 Å². The number of hydrogen-bond acceptors (Lipinski definition) is 7. The highest BCUT2D eigenvalue weighted by molar-refractivity contribution is 7.15. The van der Waals surface area contributed by atoms with Crippen molar-refractivity contribution in [2.45, 2.75) is 13.0 Å². The topological polar surface area (TPSA) is 106 Å². The maximum absolute atomic E-state index is 12.2. The number of carbonyl (C=O) groups excluding carboxylic acids is 1. The molecule has 1 amide bonds. The first-order valence-electron chi connectivity index (χ1n) is 6.81. The summed E-state index contributed by atoms with van der Waals surface area (Å²) in [6, 6.07) is 7.13. The van der Waals surface area contributed by atoms with Gasteiger partial charge in [-0.2, -0.15) is 5.10 Å². The molecule has 3 rings (SSSR count). The smallest absolute Gasteiger partial charge is 0.275 e. The molecule has 0 aliphatic heterocycles. The van der Waals surface area contributed by atoms with E-state index in [1.165, 1.54) is 11.3 Å². The van der Waals surface area contributed by atoms with Gasteiger partial charge in [-0.3, -0.25) is 20.2 Å². The summed E-state index contributed by atoms with van der Waals surface area (Å²) in [7, 11) is 1.59. The van der Waals surface area contributed by atoms with Gasteiger partial charge in [0.2, 0.25) is 5.13 Å². The van der Waals surface area contributed by atoms with Gasteiger partial charge < -0.3 is 4.74 Å². The number of anilines is 1. The van der Waals surface area contributed by atoms with Crippen LogP contribution in [0.3, 0.4) is 0 Å². The van der Waals surface area contributed by atoms with Gasteiger partial charge in [0.15, 0.2) is 0 Å². The van der Waals surface area contributed by atoms with Crippen LogP contribution in [0.15, 0.2) is 30.5 Å². The SMILES string of the molecule is COC(C)c1nnc(NC(=O)c2cc(-c3ccccn3)n[nH]2)s1. The van der Waals surface area contributed by atoms with E-state index in [1.54, 1.807) is 19.4 Å². The molecule has 0 aromatic carbocycles. The molecule has 118 valence electrons. The second-order valence-corrected chi connectivity index (χ2v) is 5.67. The van der Waals surface area contributed by atoms with E-state index in [2.05, 4.69) is 30.7 Å². The van der Waals surface area contributed by atoms with Crippen LogP contribution in [-0.4, -0.2) is 38.4 Å². The Morgan fingerprint density at radius 2 is 2.22 bits per heavy atom. The first-order chi connectivity index (χ1) is 11.2. The van der Waals surface area contributed by atoms with Crippen molar-refractivity contribution in [2.75, 3.05) is 12.4 Å². The molecule has 9 heteroatoms. The summed E-state index contributed by atoms with van der Waals surface area (Å²) in [5.74, 6) is -0.340. The molecule has 0 saturated heterocycles. The fraction of sp³-hybridized carbons (Fsp3) is 0.214. The van der Waals surface area contributed by atoms with Crippen molar-refractivity contribution in [3.05, 3.63) is 41.2 Å². The van der Waals surface area contributed by atoms with Gasteiger partial charge in [-0.15, -0.1) is 10.2 Å². The highest BCUT2D eigenvalue weighted by Gasteiger charge is 2.16. The van der Waals surface area contributed by atoms with Crippen LogP contribution in [0, 0.1) is 0 Å². The minimum atomic E-state index is -0.340. The van der Waals surface area contributed by atoms with Crippen molar-refractivity contribution in [1.82, 2.24) is 25.4 Å². The average molecular weight is 330 g/mol. The van der Waals surface area contributed by atoms with Gasteiger partial charge in [0.05, 0.1) is 5.69 Å². The largest absolute Gasteiger partial charge is 0.374 e. The number of methoxy groups -OCH3 is 1. The predicted molar refractivity (Wildman–Crippen MR) is 85.1 cm³/mol. The lowest BCUT2D eigenvalue weighted by atomic mass is 10.2. The zero-order valence-electron chi connectivity index (χ0n) is 12.5. The molecule has 0 bridgehead atoms. The predicted octanol–water partition coefficient (Wildman–Crippen LogP) is 2.28. The second kappa shape index (κ2) is 6.63. The van der Waals surface area contributed by atoms with Crippen molar-refractivity contribution < 1.29 is 9.53 Å². The quantitative estimate of drug-likeness (QED) is 0.743. The molecule has 0 spiro atoms. The number of hydrogen-bond donors (Lipinski definition) is 2. The lowest BCUT2D eigenvalue weighted by molar-refractivity contribution is 0.102. The summed E-state index contributed by atoms with van der Waals surface area (Å²) in [6.07, 6.45) is 1.50. The van der Waals surface area contributed by atoms with Gasteiger partial charge in [0.1, 0.15) is 22.5 Å². The molecule has 3 aromatic heterocycles. The van der Waals surface area contributed by atoms with E-state index < -0.39 is 0 Å². The van der Waals surface area contributed by atoms with Gasteiger partial charge in [-0.1, -0.05) is 17.4 Å². The molecule has 0 radical (unpaired) electrons. The van der Waals surface area contributed by atoms with Crippen molar-refractivity contribution in [3.8, 4) is 11.4 Å². The lowest BCUT2D eigenvalue weighted by Crippen LogP contribution is -2.12. The van der Waals surface area contributed by atoms with Crippen LogP contribution in [0.25, 0.3) is 11.4 Å². The van der Waals surface area contributed by atoms with E-state index in [1.807, 2.05) is 25.1 Å². The standard InChI is InChI=1S/C14H14N6O2S/c1-8(22-2)13-19-20-14(23-13)16-12(21)11-7-10(17-18-11)9-5-3-4-6-15-9/h3-8H,1-2H3,(H,17,18)(H,16,20,21). The van der Waals surface area contributed by atoms with Crippen LogP contribution in [-0.2, 0) is 4.74 Å². The number of H-pyrrole nitrogens is 1. The number of aromatic amines is 1. The van der Waals surface area contributed by atoms with E-state index >= 15 is 0 Å². The van der Waals surface area contributed by atoms with Crippen LogP contribution >= 0.6 is 11.3 Å². The molecule has 0 saturated carbocycles. The Kier molecular flexibility index (Phi) is 4.40. The van der Waals surface area contributed by atoms with E-state index in [0.717, 1.165) is 0 Å². The molecule has 0 fully saturated rings. The third-order valence-corrected chi connectivity index (χ3v) is 4.11. The molecule has 0 aliphatic rings. The number of rotatable bonds is 5. The highest BCUT2D eigenvalue weighted by atomic mass is 32.1. The summed E-state index contributed by atoms with van der Waals surface area (Å²) >= 11 is 1.27. The molecular formula is C14H14N6O2S. The molecule has 2 N–H and O–H groups in total. The molecule has 8 nitrogen and oxygen atoms in total. The van der Waals surface area contributed by atoms with Gasteiger partial charge in [0.25, 0.3) is 5.91 Å². The summed E-state index contributed by atoms with van der Waals surface area (Å²) in [6.45, 7) is 1.86. The van der Waals surface area contributed by atoms with Gasteiger partial charge in [-0.25, -0.2) is 0 Å². The normalized spacial score (nSPS) is 12.1. The molecule has 0 aliphatic carbocycles. The Bertz CT molecular complexity index is 800. The first kappa shape index (κ1) is 15.3. The minimum absolute atomic E-state index is 0.166. The van der Waals surface area contributed by atoms with Crippen LogP contribution < -0.4 is 5.32 Å². The molecular weight excluding hydrogens is 316 g/mol. The molecule has 1 atom stereocenters. The second-order valence-electron chi connectivity index (χ2n) is 4.66. The van der Waals surface area contributed by atoms with E-state index in [0.29, 0.717) is 27.2 Å². The fourth-order valence-electron chi connectivity index (χ4n) is 1.80. The lowest BCUT2D eigenvalue weighted by Gasteiger charge is -2.02. The van der Waals surface area contributed by atoms with Crippen molar-refractivity contribution in [2.24, 2.45) is 0 Å². The Labute approximate surface area is 135 Å². The average Bonchev–Trinajstić information content (AvgIpc) is 3.24. The number of nitrogens with one attached hydrogen (secondary N) is 2. The molecule has 3 heterocycles. The third-order valence-electron chi connectivity index (χ3n) is 3.11. The number of pyridine rings is 1. The zero-order chi connectivity index (χ0) is 16.2. The number of ether oxygens (including phenoxy) is 1. The summed E-state index contributed by atoms with van der Waals surface area (Å²) in [5.41, 5.74) is 1.61. The summed E-state index contributed by atoms with van der Waals surface area (Å²) in [5, 5.41) is 18.5. The van der Waals surface area contributed by atoms with Crippen LogP contribution in [0.1, 0.15) is 28.5 Å². The molecule has 1 unspecified atom stereocenters. The van der Waals surface area contributed by atoms with Crippen LogP contribution in [0.4, 0.5) is 5.13 Å². The van der Waals surface area contributed by atoms with E-state index in [9.17, 15) is 4.79 Å². The number of aromatic nitrogens is 5. The van der Waals surface area contributed by atoms with Crippen molar-refractivity contribution >= 4 is 22.4 Å². The highest BCUT2D eigenvalue weighted by Crippen LogP contribution is 2.23. The third kappa shape index (κ3) is 3.41. The molecule has 23 heavy (non-hydrogen) atoms. The monoisotopic (exact) mass is 330 g/mol. The maximum atomic E-state index is 12.2. The van der Waals surface area contributed by atoms with Gasteiger partial charge in [0, 0.05) is 13.3 Å². The number of nitrogens with zero attached hydrogens (tertiary/aromatic N) is 4. The van der Waals surface area contributed by atoms with Gasteiger partial charge in [-0.05, 0) is 25.1 Å². The summed E-state index contributed by atoms with van der Waals surface area (Å²) < 4.78 is 5.16. The Morgan fingerprint density at radius 1 is 1.35 bits per heavy atom. The zero-order valence-corrected chi connectivity index (χ0v) is 13.3. The Balaban J connectivity index is 1.72. The van der Waals surface area contributed by atoms with Crippen molar-refractivity contribution in [3.63, 3.8) is 0 Å². The van der Waals surface area contributed by atoms with Gasteiger partial charge >= 0.3 is 0 Å². The molecule has 3 aromatic rings. The van der Waals surface area contributed by atoms with Crippen LogP contribution in [0.2, 0.25) is 0 Å². The number of amides is 1. The number of carbonyl (C=O) groups is 1. The first-order valence-corrected chi connectivity index (χ1v) is 7.63. The van der Waals surface area contributed by atoms with E-state index in [4.69, 9.17) is 4.74 Å². The fourth-order valence-corrected chi connectivity index (χ4v) is 2.57. The minimum Gasteiger partial charge on any atom is -0.374 e.